The summed E-state index contributed by atoms with van der Waals surface area (Å²) in [6.45, 7) is 2.57. The lowest BCUT2D eigenvalue weighted by molar-refractivity contribution is -0.142. The van der Waals surface area contributed by atoms with Crippen molar-refractivity contribution in [3.05, 3.63) is 30.0 Å². The van der Waals surface area contributed by atoms with Crippen LogP contribution in [0.1, 0.15) is 17.4 Å². The quantitative estimate of drug-likeness (QED) is 0.905. The van der Waals surface area contributed by atoms with E-state index in [0.29, 0.717) is 12.2 Å². The molecular weight excluding hydrogens is 270 g/mol. The Morgan fingerprint density at radius 2 is 2.00 bits per heavy atom. The topological polar surface area (TPSA) is 75.4 Å². The summed E-state index contributed by atoms with van der Waals surface area (Å²) in [6.07, 6.45) is 0. The molecule has 1 aromatic heterocycles. The molecule has 1 amide bonds. The van der Waals surface area contributed by atoms with Gasteiger partial charge in [-0.1, -0.05) is 25.1 Å². The SMILES string of the molecule is CC1CN(C(=O)c2nn(C)c3ccccc23)CC1C(=O)O. The van der Waals surface area contributed by atoms with Crippen LogP contribution in [0.4, 0.5) is 0 Å². The minimum atomic E-state index is -0.844. The van der Waals surface area contributed by atoms with Crippen molar-refractivity contribution >= 4 is 22.8 Å². The third kappa shape index (κ3) is 2.16. The number of aryl methyl sites for hydroxylation is 1. The molecule has 3 rings (SSSR count). The zero-order valence-corrected chi connectivity index (χ0v) is 12.0. The van der Waals surface area contributed by atoms with Crippen LogP contribution >= 0.6 is 0 Å². The number of hydrogen-bond acceptors (Lipinski definition) is 3. The first-order valence-corrected chi connectivity index (χ1v) is 6.93. The summed E-state index contributed by atoms with van der Waals surface area (Å²) in [7, 11) is 1.80. The van der Waals surface area contributed by atoms with Crippen LogP contribution in [-0.4, -0.2) is 44.8 Å². The molecule has 2 atom stereocenters. The monoisotopic (exact) mass is 287 g/mol. The molecule has 0 radical (unpaired) electrons. The largest absolute Gasteiger partial charge is 0.481 e. The van der Waals surface area contributed by atoms with Crippen LogP contribution in [0.2, 0.25) is 0 Å². The highest BCUT2D eigenvalue weighted by Crippen LogP contribution is 2.26. The molecule has 6 nitrogen and oxygen atoms in total. The van der Waals surface area contributed by atoms with E-state index in [4.69, 9.17) is 0 Å². The standard InChI is InChI=1S/C15H17N3O3/c1-9-7-18(8-11(9)15(20)21)14(19)13-10-5-3-4-6-12(10)17(2)16-13/h3-6,9,11H,7-8H2,1-2H3,(H,20,21). The van der Waals surface area contributed by atoms with Gasteiger partial charge in [0.05, 0.1) is 11.4 Å². The van der Waals surface area contributed by atoms with Gasteiger partial charge in [0.2, 0.25) is 0 Å². The number of rotatable bonds is 2. The number of amides is 1. The first-order chi connectivity index (χ1) is 9.99. The van der Waals surface area contributed by atoms with Crippen LogP contribution in [0.15, 0.2) is 24.3 Å². The maximum absolute atomic E-state index is 12.6. The molecule has 0 bridgehead atoms. The number of fused-ring (bicyclic) bond motifs is 1. The molecule has 6 heteroatoms. The van der Waals surface area contributed by atoms with Crippen LogP contribution in [-0.2, 0) is 11.8 Å². The Morgan fingerprint density at radius 3 is 2.67 bits per heavy atom. The number of carboxylic acid groups (broad SMARTS) is 1. The minimum absolute atomic E-state index is 0.0403. The fourth-order valence-electron chi connectivity index (χ4n) is 2.98. The van der Waals surface area contributed by atoms with Gasteiger partial charge in [-0.3, -0.25) is 14.3 Å². The van der Waals surface area contributed by atoms with Gasteiger partial charge < -0.3 is 10.0 Å². The Kier molecular flexibility index (Phi) is 3.16. The molecule has 1 fully saturated rings. The Bertz CT molecular complexity index is 722. The molecule has 0 spiro atoms. The number of carboxylic acids is 1. The minimum Gasteiger partial charge on any atom is -0.481 e. The summed E-state index contributed by atoms with van der Waals surface area (Å²) in [5.74, 6) is -1.57. The van der Waals surface area contributed by atoms with Gasteiger partial charge in [-0.05, 0) is 12.0 Å². The first-order valence-electron chi connectivity index (χ1n) is 6.93. The number of aliphatic carboxylic acids is 1. The van der Waals surface area contributed by atoms with E-state index in [1.807, 2.05) is 31.2 Å². The third-order valence-electron chi connectivity index (χ3n) is 4.18. The van der Waals surface area contributed by atoms with Gasteiger partial charge in [0.1, 0.15) is 0 Å². The van der Waals surface area contributed by atoms with Gasteiger partial charge in [-0.2, -0.15) is 5.10 Å². The lowest BCUT2D eigenvalue weighted by atomic mass is 9.99. The molecule has 1 aliphatic rings. The van der Waals surface area contributed by atoms with Crippen molar-refractivity contribution in [2.24, 2.45) is 18.9 Å². The van der Waals surface area contributed by atoms with E-state index >= 15 is 0 Å². The second kappa shape index (κ2) is 4.87. The number of likely N-dealkylation sites (tertiary alicyclic amines) is 1. The Hall–Kier alpha value is -2.37. The van der Waals surface area contributed by atoms with Gasteiger partial charge in [0.15, 0.2) is 5.69 Å². The van der Waals surface area contributed by atoms with E-state index < -0.39 is 11.9 Å². The summed E-state index contributed by atoms with van der Waals surface area (Å²) < 4.78 is 1.68. The van der Waals surface area contributed by atoms with Crippen LogP contribution < -0.4 is 0 Å². The number of carbonyl (C=O) groups is 2. The fraction of sp³-hybridized carbons (Fsp3) is 0.400. The predicted molar refractivity (Wildman–Crippen MR) is 76.9 cm³/mol. The summed E-state index contributed by atoms with van der Waals surface area (Å²) in [5.41, 5.74) is 1.29. The Labute approximate surface area is 122 Å². The van der Waals surface area contributed by atoms with Crippen molar-refractivity contribution in [1.29, 1.82) is 0 Å². The average molecular weight is 287 g/mol. The number of aromatic nitrogens is 2. The second-order valence-electron chi connectivity index (χ2n) is 5.62. The fourth-order valence-corrected chi connectivity index (χ4v) is 2.98. The highest BCUT2D eigenvalue weighted by Gasteiger charge is 2.38. The normalized spacial score (nSPS) is 21.9. The van der Waals surface area contributed by atoms with E-state index in [0.717, 1.165) is 10.9 Å². The van der Waals surface area contributed by atoms with Crippen molar-refractivity contribution in [3.8, 4) is 0 Å². The van der Waals surface area contributed by atoms with Gasteiger partial charge in [-0.15, -0.1) is 0 Å². The molecule has 110 valence electrons. The number of carbonyl (C=O) groups excluding carboxylic acids is 1. The van der Waals surface area contributed by atoms with E-state index in [9.17, 15) is 14.7 Å². The van der Waals surface area contributed by atoms with E-state index in [1.54, 1.807) is 16.6 Å². The van der Waals surface area contributed by atoms with Crippen molar-refractivity contribution in [1.82, 2.24) is 14.7 Å². The van der Waals surface area contributed by atoms with Crippen LogP contribution in [0.5, 0.6) is 0 Å². The van der Waals surface area contributed by atoms with Crippen molar-refractivity contribution in [2.75, 3.05) is 13.1 Å². The summed E-state index contributed by atoms with van der Waals surface area (Å²) in [5, 5.41) is 14.3. The molecule has 1 N–H and O–H groups in total. The molecule has 0 saturated carbocycles. The van der Waals surface area contributed by atoms with Crippen LogP contribution in [0.25, 0.3) is 10.9 Å². The Balaban J connectivity index is 1.93. The van der Waals surface area contributed by atoms with Crippen molar-refractivity contribution in [3.63, 3.8) is 0 Å². The van der Waals surface area contributed by atoms with Crippen LogP contribution in [0, 0.1) is 11.8 Å². The van der Waals surface area contributed by atoms with Crippen LogP contribution in [0.3, 0.4) is 0 Å². The summed E-state index contributed by atoms with van der Waals surface area (Å²) >= 11 is 0. The van der Waals surface area contributed by atoms with Gasteiger partial charge in [0.25, 0.3) is 5.91 Å². The maximum atomic E-state index is 12.6. The molecule has 1 aliphatic heterocycles. The van der Waals surface area contributed by atoms with E-state index in [2.05, 4.69) is 5.10 Å². The highest BCUT2D eigenvalue weighted by atomic mass is 16.4. The maximum Gasteiger partial charge on any atom is 0.308 e. The van der Waals surface area contributed by atoms with Gasteiger partial charge in [0, 0.05) is 25.5 Å². The molecule has 2 heterocycles. The summed E-state index contributed by atoms with van der Waals surface area (Å²) in [6, 6.07) is 7.54. The van der Waals surface area contributed by atoms with E-state index in [-0.39, 0.29) is 18.4 Å². The molecule has 2 aromatic rings. The predicted octanol–water partition coefficient (Wildman–Crippen LogP) is 1.37. The zero-order chi connectivity index (χ0) is 15.1. The second-order valence-corrected chi connectivity index (χ2v) is 5.62. The number of nitrogens with zero attached hydrogens (tertiary/aromatic N) is 3. The first kappa shape index (κ1) is 13.6. The molecule has 2 unspecified atom stereocenters. The molecule has 21 heavy (non-hydrogen) atoms. The lowest BCUT2D eigenvalue weighted by Crippen LogP contribution is -2.30. The van der Waals surface area contributed by atoms with E-state index in [1.165, 1.54) is 0 Å². The smallest absolute Gasteiger partial charge is 0.308 e. The van der Waals surface area contributed by atoms with Crippen molar-refractivity contribution < 1.29 is 14.7 Å². The van der Waals surface area contributed by atoms with Gasteiger partial charge >= 0.3 is 5.97 Å². The highest BCUT2D eigenvalue weighted by molar-refractivity contribution is 6.05. The Morgan fingerprint density at radius 1 is 1.29 bits per heavy atom. The van der Waals surface area contributed by atoms with Crippen molar-refractivity contribution in [2.45, 2.75) is 6.92 Å². The third-order valence-corrected chi connectivity index (χ3v) is 4.18. The number of benzene rings is 1. The molecule has 0 aliphatic carbocycles. The number of para-hydroxylation sites is 1. The average Bonchev–Trinajstić information content (AvgIpc) is 3.00. The van der Waals surface area contributed by atoms with Gasteiger partial charge in [-0.25, -0.2) is 0 Å². The molecule has 1 saturated heterocycles. The zero-order valence-electron chi connectivity index (χ0n) is 12.0. The molecule has 1 aromatic carbocycles. The summed E-state index contributed by atoms with van der Waals surface area (Å²) in [4.78, 5) is 25.4. The lowest BCUT2D eigenvalue weighted by Gasteiger charge is -2.14. The number of hydrogen-bond donors (Lipinski definition) is 1. The molecular formula is C15H17N3O3.